The molecular formula is C14H17N3O3S. The first-order valence-electron chi connectivity index (χ1n) is 6.67. The third-order valence-corrected chi connectivity index (χ3v) is 4.94. The lowest BCUT2D eigenvalue weighted by Crippen LogP contribution is -2.45. The summed E-state index contributed by atoms with van der Waals surface area (Å²) in [5.74, 6) is -0.327. The summed E-state index contributed by atoms with van der Waals surface area (Å²) in [6, 6.07) is 5.62. The average molecular weight is 307 g/mol. The summed E-state index contributed by atoms with van der Waals surface area (Å²) in [6.07, 6.45) is 1.89. The van der Waals surface area contributed by atoms with E-state index in [1.54, 1.807) is 6.92 Å². The summed E-state index contributed by atoms with van der Waals surface area (Å²) in [6.45, 7) is 3.12. The molecule has 1 aromatic rings. The van der Waals surface area contributed by atoms with Crippen LogP contribution in [0.2, 0.25) is 0 Å². The molecule has 0 radical (unpaired) electrons. The SMILES string of the molecule is Cc1cc(C#N)ccc1S(=O)(=O)NC(C)C(=O)NC1CC1. The van der Waals surface area contributed by atoms with E-state index in [1.807, 2.05) is 6.07 Å². The molecule has 1 atom stereocenters. The van der Waals surface area contributed by atoms with Gasteiger partial charge in [0.1, 0.15) is 0 Å². The van der Waals surface area contributed by atoms with Crippen molar-refractivity contribution >= 4 is 15.9 Å². The zero-order valence-corrected chi connectivity index (χ0v) is 12.7. The van der Waals surface area contributed by atoms with Crippen molar-refractivity contribution in [2.75, 3.05) is 0 Å². The Hall–Kier alpha value is -1.91. The molecule has 21 heavy (non-hydrogen) atoms. The van der Waals surface area contributed by atoms with Crippen LogP contribution in [0.5, 0.6) is 0 Å². The smallest absolute Gasteiger partial charge is 0.241 e. The Morgan fingerprint density at radius 1 is 1.43 bits per heavy atom. The molecule has 1 aliphatic rings. The number of nitrogens with one attached hydrogen (secondary N) is 2. The van der Waals surface area contributed by atoms with Crippen LogP contribution in [0.15, 0.2) is 23.1 Å². The third kappa shape index (κ3) is 3.80. The van der Waals surface area contributed by atoms with Crippen LogP contribution in [-0.2, 0) is 14.8 Å². The minimum absolute atomic E-state index is 0.0765. The summed E-state index contributed by atoms with van der Waals surface area (Å²) in [5.41, 5.74) is 0.863. The fourth-order valence-electron chi connectivity index (χ4n) is 1.92. The van der Waals surface area contributed by atoms with Gasteiger partial charge in [-0.15, -0.1) is 0 Å². The lowest BCUT2D eigenvalue weighted by molar-refractivity contribution is -0.122. The van der Waals surface area contributed by atoms with Crippen LogP contribution in [0.3, 0.4) is 0 Å². The minimum atomic E-state index is -3.80. The van der Waals surface area contributed by atoms with E-state index in [1.165, 1.54) is 25.1 Å². The Morgan fingerprint density at radius 3 is 2.62 bits per heavy atom. The highest BCUT2D eigenvalue weighted by atomic mass is 32.2. The Balaban J connectivity index is 2.14. The Kier molecular flexibility index (Phi) is 4.30. The summed E-state index contributed by atoms with van der Waals surface area (Å²) in [4.78, 5) is 11.9. The van der Waals surface area contributed by atoms with Gasteiger partial charge in [0, 0.05) is 6.04 Å². The van der Waals surface area contributed by atoms with Crippen molar-refractivity contribution in [1.29, 1.82) is 5.26 Å². The van der Waals surface area contributed by atoms with Gasteiger partial charge in [-0.3, -0.25) is 4.79 Å². The summed E-state index contributed by atoms with van der Waals surface area (Å²) >= 11 is 0. The van der Waals surface area contributed by atoms with E-state index >= 15 is 0 Å². The van der Waals surface area contributed by atoms with Crippen molar-refractivity contribution in [2.24, 2.45) is 0 Å². The number of hydrogen-bond donors (Lipinski definition) is 2. The average Bonchev–Trinajstić information content (AvgIpc) is 3.21. The molecule has 0 heterocycles. The number of aryl methyl sites for hydroxylation is 1. The van der Waals surface area contributed by atoms with Crippen LogP contribution < -0.4 is 10.0 Å². The van der Waals surface area contributed by atoms with Gasteiger partial charge in [-0.2, -0.15) is 9.98 Å². The molecule has 7 heteroatoms. The monoisotopic (exact) mass is 307 g/mol. The van der Waals surface area contributed by atoms with Crippen LogP contribution in [-0.4, -0.2) is 26.4 Å². The second kappa shape index (κ2) is 5.84. The molecule has 0 bridgehead atoms. The van der Waals surface area contributed by atoms with E-state index in [0.717, 1.165) is 12.8 Å². The molecule has 0 saturated heterocycles. The molecule has 1 fully saturated rings. The fourth-order valence-corrected chi connectivity index (χ4v) is 3.35. The summed E-state index contributed by atoms with van der Waals surface area (Å²) in [5, 5.41) is 11.5. The molecule has 6 nitrogen and oxygen atoms in total. The molecule has 1 aliphatic carbocycles. The zero-order valence-electron chi connectivity index (χ0n) is 11.9. The van der Waals surface area contributed by atoms with Crippen LogP contribution in [0, 0.1) is 18.3 Å². The van der Waals surface area contributed by atoms with Gasteiger partial charge >= 0.3 is 0 Å². The van der Waals surface area contributed by atoms with Crippen LogP contribution in [0.1, 0.15) is 30.9 Å². The second-order valence-corrected chi connectivity index (χ2v) is 6.90. The first-order valence-corrected chi connectivity index (χ1v) is 8.15. The Morgan fingerprint density at radius 2 is 2.10 bits per heavy atom. The number of benzene rings is 1. The highest BCUT2D eigenvalue weighted by Crippen LogP contribution is 2.19. The molecule has 1 amide bonds. The maximum atomic E-state index is 12.3. The highest BCUT2D eigenvalue weighted by molar-refractivity contribution is 7.89. The predicted octanol–water partition coefficient (Wildman–Crippen LogP) is 0.812. The maximum Gasteiger partial charge on any atom is 0.241 e. The van der Waals surface area contributed by atoms with Gasteiger partial charge in [-0.05, 0) is 50.5 Å². The quantitative estimate of drug-likeness (QED) is 0.841. The fraction of sp³-hybridized carbons (Fsp3) is 0.429. The number of amides is 1. The van der Waals surface area contributed by atoms with Crippen LogP contribution in [0.25, 0.3) is 0 Å². The number of nitrogens with zero attached hydrogens (tertiary/aromatic N) is 1. The number of nitriles is 1. The first-order chi connectivity index (χ1) is 9.83. The molecule has 2 N–H and O–H groups in total. The topological polar surface area (TPSA) is 99.1 Å². The van der Waals surface area contributed by atoms with Crippen molar-refractivity contribution in [2.45, 2.75) is 43.7 Å². The van der Waals surface area contributed by atoms with Gasteiger partial charge in [0.25, 0.3) is 0 Å². The van der Waals surface area contributed by atoms with E-state index in [0.29, 0.717) is 11.1 Å². The first kappa shape index (κ1) is 15.5. The van der Waals surface area contributed by atoms with Gasteiger partial charge in [0.2, 0.25) is 15.9 Å². The molecule has 1 unspecified atom stereocenters. The van der Waals surface area contributed by atoms with E-state index in [9.17, 15) is 13.2 Å². The predicted molar refractivity (Wildman–Crippen MR) is 76.8 cm³/mol. The number of rotatable bonds is 5. The molecule has 1 aromatic carbocycles. The Labute approximate surface area is 124 Å². The van der Waals surface area contributed by atoms with Crippen molar-refractivity contribution in [3.05, 3.63) is 29.3 Å². The molecule has 2 rings (SSSR count). The van der Waals surface area contributed by atoms with Crippen molar-refractivity contribution in [3.8, 4) is 6.07 Å². The highest BCUT2D eigenvalue weighted by Gasteiger charge is 2.28. The van der Waals surface area contributed by atoms with Gasteiger partial charge in [0.15, 0.2) is 0 Å². The minimum Gasteiger partial charge on any atom is -0.352 e. The molecule has 0 spiro atoms. The van der Waals surface area contributed by atoms with E-state index in [-0.39, 0.29) is 16.8 Å². The molecule has 0 aliphatic heterocycles. The van der Waals surface area contributed by atoms with Gasteiger partial charge in [-0.1, -0.05) is 0 Å². The third-order valence-electron chi connectivity index (χ3n) is 3.24. The van der Waals surface area contributed by atoms with E-state index in [4.69, 9.17) is 5.26 Å². The zero-order chi connectivity index (χ0) is 15.6. The Bertz CT molecular complexity index is 703. The van der Waals surface area contributed by atoms with E-state index < -0.39 is 16.1 Å². The van der Waals surface area contributed by atoms with Crippen molar-refractivity contribution < 1.29 is 13.2 Å². The maximum absolute atomic E-state index is 12.3. The molecular weight excluding hydrogens is 290 g/mol. The second-order valence-electron chi connectivity index (χ2n) is 5.22. The lowest BCUT2D eigenvalue weighted by Gasteiger charge is -2.15. The van der Waals surface area contributed by atoms with Gasteiger partial charge in [-0.25, -0.2) is 8.42 Å². The lowest BCUT2D eigenvalue weighted by atomic mass is 10.2. The molecule has 1 saturated carbocycles. The van der Waals surface area contributed by atoms with Crippen LogP contribution >= 0.6 is 0 Å². The van der Waals surface area contributed by atoms with E-state index in [2.05, 4.69) is 10.0 Å². The largest absolute Gasteiger partial charge is 0.352 e. The van der Waals surface area contributed by atoms with Gasteiger partial charge in [0.05, 0.1) is 22.6 Å². The number of hydrogen-bond acceptors (Lipinski definition) is 4. The number of sulfonamides is 1. The van der Waals surface area contributed by atoms with Crippen molar-refractivity contribution in [3.63, 3.8) is 0 Å². The number of carbonyl (C=O) groups is 1. The molecule has 0 aromatic heterocycles. The van der Waals surface area contributed by atoms with Crippen molar-refractivity contribution in [1.82, 2.24) is 10.0 Å². The number of carbonyl (C=O) groups excluding carboxylic acids is 1. The standard InChI is InChI=1S/C14H17N3O3S/c1-9-7-11(8-15)3-6-13(9)21(19,20)17-10(2)14(18)16-12-4-5-12/h3,6-7,10,12,17H,4-5H2,1-2H3,(H,16,18). The normalized spacial score (nSPS) is 16.0. The van der Waals surface area contributed by atoms with Gasteiger partial charge < -0.3 is 5.32 Å². The van der Waals surface area contributed by atoms with Crippen LogP contribution in [0.4, 0.5) is 0 Å². The summed E-state index contributed by atoms with van der Waals surface area (Å²) in [7, 11) is -3.80. The molecule has 112 valence electrons. The summed E-state index contributed by atoms with van der Waals surface area (Å²) < 4.78 is 27.0.